The second kappa shape index (κ2) is 7.35. The molecule has 17 heavy (non-hydrogen) atoms. The third-order valence-electron chi connectivity index (χ3n) is 2.64. The number of aliphatic hydroxyl groups excluding tert-OH is 1. The molecule has 2 nitrogen and oxygen atoms in total. The monoisotopic (exact) mass is 243 g/mol. The Morgan fingerprint density at radius 2 is 1.88 bits per heavy atom. The summed E-state index contributed by atoms with van der Waals surface area (Å²) in [6, 6.07) is 9.70. The van der Waals surface area contributed by atoms with Gasteiger partial charge in [-0.25, -0.2) is 8.78 Å². The maximum Gasteiger partial charge on any atom is 0.265 e. The molecule has 4 heteroatoms. The summed E-state index contributed by atoms with van der Waals surface area (Å²) in [5, 5.41) is 12.1. The largest absolute Gasteiger partial charge is 0.386 e. The summed E-state index contributed by atoms with van der Waals surface area (Å²) in [5.74, 6) is 0. The van der Waals surface area contributed by atoms with Crippen molar-refractivity contribution < 1.29 is 13.9 Å². The van der Waals surface area contributed by atoms with Crippen molar-refractivity contribution in [3.05, 3.63) is 35.9 Å². The molecular formula is C13H19F2NO. The second-order valence-corrected chi connectivity index (χ2v) is 4.06. The zero-order chi connectivity index (χ0) is 12.7. The molecule has 1 aromatic rings. The Hall–Kier alpha value is -1.00. The van der Waals surface area contributed by atoms with Crippen molar-refractivity contribution in [3.8, 4) is 0 Å². The van der Waals surface area contributed by atoms with Gasteiger partial charge in [-0.2, -0.15) is 0 Å². The first-order valence-corrected chi connectivity index (χ1v) is 5.89. The van der Waals surface area contributed by atoms with E-state index in [1.165, 1.54) is 0 Å². The Balaban J connectivity index is 2.55. The molecule has 1 rings (SSSR count). The third-order valence-corrected chi connectivity index (χ3v) is 2.64. The fraction of sp³-hybridized carbons (Fsp3) is 0.538. The molecule has 0 saturated carbocycles. The van der Waals surface area contributed by atoms with Crippen LogP contribution in [0.15, 0.2) is 30.3 Å². The van der Waals surface area contributed by atoms with Crippen molar-refractivity contribution in [2.45, 2.75) is 38.3 Å². The van der Waals surface area contributed by atoms with Gasteiger partial charge >= 0.3 is 0 Å². The normalized spacial score (nSPS) is 14.9. The summed E-state index contributed by atoms with van der Waals surface area (Å²) in [5.41, 5.74) is 1.07. The Kier molecular flexibility index (Phi) is 6.08. The summed E-state index contributed by atoms with van der Waals surface area (Å²) in [7, 11) is 0. The highest BCUT2D eigenvalue weighted by Gasteiger charge is 2.18. The number of aliphatic hydroxyl groups is 1. The standard InChI is InChI=1S/C13H19F2NO/c1-2-6-11(10-7-4-3-5-8-10)16-9-12(17)13(14)15/h3-5,7-8,11-13,16-17H,2,6,9H2,1H3. The van der Waals surface area contributed by atoms with Crippen LogP contribution in [0, 0.1) is 0 Å². The number of alkyl halides is 2. The molecule has 2 N–H and O–H groups in total. The highest BCUT2D eigenvalue weighted by molar-refractivity contribution is 5.18. The zero-order valence-corrected chi connectivity index (χ0v) is 9.94. The molecule has 0 radical (unpaired) electrons. The van der Waals surface area contributed by atoms with Crippen molar-refractivity contribution in [1.82, 2.24) is 5.32 Å². The summed E-state index contributed by atoms with van der Waals surface area (Å²) < 4.78 is 24.4. The lowest BCUT2D eigenvalue weighted by atomic mass is 10.0. The van der Waals surface area contributed by atoms with Crippen molar-refractivity contribution in [2.75, 3.05) is 6.54 Å². The SMILES string of the molecule is CCCC(NCC(O)C(F)F)c1ccccc1. The average Bonchev–Trinajstić information content (AvgIpc) is 2.35. The predicted molar refractivity (Wildman–Crippen MR) is 64.1 cm³/mol. The smallest absolute Gasteiger partial charge is 0.265 e. The van der Waals surface area contributed by atoms with E-state index in [-0.39, 0.29) is 12.6 Å². The van der Waals surface area contributed by atoms with E-state index >= 15 is 0 Å². The third kappa shape index (κ3) is 4.79. The molecule has 2 atom stereocenters. The lowest BCUT2D eigenvalue weighted by Gasteiger charge is -2.20. The maximum atomic E-state index is 12.2. The summed E-state index contributed by atoms with van der Waals surface area (Å²) in [6.07, 6.45) is -2.48. The van der Waals surface area contributed by atoms with Gasteiger partial charge in [0.1, 0.15) is 6.10 Å². The minimum atomic E-state index is -2.69. The quantitative estimate of drug-likeness (QED) is 0.771. The van der Waals surface area contributed by atoms with Crippen LogP contribution in [0.1, 0.15) is 31.4 Å². The average molecular weight is 243 g/mol. The Labute approximate surface area is 101 Å². The van der Waals surface area contributed by atoms with Crippen LogP contribution in [-0.2, 0) is 0 Å². The van der Waals surface area contributed by atoms with E-state index in [1.807, 2.05) is 37.3 Å². The van der Waals surface area contributed by atoms with Crippen LogP contribution in [-0.4, -0.2) is 24.2 Å². The predicted octanol–water partition coefficient (Wildman–Crippen LogP) is 2.74. The molecule has 0 aliphatic carbocycles. The first-order chi connectivity index (χ1) is 8.15. The maximum absolute atomic E-state index is 12.2. The number of nitrogens with one attached hydrogen (secondary N) is 1. The molecule has 0 aliphatic heterocycles. The van der Waals surface area contributed by atoms with Crippen LogP contribution < -0.4 is 5.32 Å². The van der Waals surface area contributed by atoms with Crippen molar-refractivity contribution in [2.24, 2.45) is 0 Å². The Bertz CT molecular complexity index is 306. The summed E-state index contributed by atoms with van der Waals surface area (Å²) >= 11 is 0. The highest BCUT2D eigenvalue weighted by Crippen LogP contribution is 2.18. The fourth-order valence-electron chi connectivity index (χ4n) is 1.71. The van der Waals surface area contributed by atoms with E-state index in [1.54, 1.807) is 0 Å². The van der Waals surface area contributed by atoms with Crippen LogP contribution in [0.25, 0.3) is 0 Å². The van der Waals surface area contributed by atoms with Crippen molar-refractivity contribution in [1.29, 1.82) is 0 Å². The van der Waals surface area contributed by atoms with Crippen LogP contribution in [0.2, 0.25) is 0 Å². The fourth-order valence-corrected chi connectivity index (χ4v) is 1.71. The molecule has 0 aliphatic rings. The lowest BCUT2D eigenvalue weighted by Crippen LogP contribution is -2.34. The van der Waals surface area contributed by atoms with Crippen LogP contribution in [0.5, 0.6) is 0 Å². The molecule has 0 fully saturated rings. The summed E-state index contributed by atoms with van der Waals surface area (Å²) in [6.45, 7) is 1.96. The van der Waals surface area contributed by atoms with Crippen molar-refractivity contribution in [3.63, 3.8) is 0 Å². The first-order valence-electron chi connectivity index (χ1n) is 5.89. The van der Waals surface area contributed by atoms with Gasteiger partial charge in [0, 0.05) is 12.6 Å². The van der Waals surface area contributed by atoms with E-state index in [9.17, 15) is 8.78 Å². The van der Waals surface area contributed by atoms with Crippen molar-refractivity contribution >= 4 is 0 Å². The zero-order valence-electron chi connectivity index (χ0n) is 9.94. The van der Waals surface area contributed by atoms with E-state index in [0.717, 1.165) is 18.4 Å². The van der Waals surface area contributed by atoms with Crippen LogP contribution in [0.3, 0.4) is 0 Å². The van der Waals surface area contributed by atoms with Crippen LogP contribution >= 0.6 is 0 Å². The van der Waals surface area contributed by atoms with Gasteiger partial charge in [0.15, 0.2) is 0 Å². The number of hydrogen-bond donors (Lipinski definition) is 2. The number of halogens is 2. The minimum absolute atomic E-state index is 0.0228. The van der Waals surface area contributed by atoms with Gasteiger partial charge in [0.25, 0.3) is 6.43 Å². The minimum Gasteiger partial charge on any atom is -0.386 e. The number of benzene rings is 1. The Morgan fingerprint density at radius 1 is 1.24 bits per heavy atom. The molecule has 96 valence electrons. The lowest BCUT2D eigenvalue weighted by molar-refractivity contribution is -0.00479. The van der Waals surface area contributed by atoms with Crippen LogP contribution in [0.4, 0.5) is 8.78 Å². The van der Waals surface area contributed by atoms with Gasteiger partial charge < -0.3 is 10.4 Å². The Morgan fingerprint density at radius 3 is 2.41 bits per heavy atom. The van der Waals surface area contributed by atoms with Gasteiger partial charge in [-0.15, -0.1) is 0 Å². The molecule has 0 aromatic heterocycles. The molecule has 0 saturated heterocycles. The van der Waals surface area contributed by atoms with Gasteiger partial charge in [0.2, 0.25) is 0 Å². The molecule has 0 spiro atoms. The second-order valence-electron chi connectivity index (χ2n) is 4.06. The molecule has 1 aromatic carbocycles. The number of hydrogen-bond acceptors (Lipinski definition) is 2. The highest BCUT2D eigenvalue weighted by atomic mass is 19.3. The topological polar surface area (TPSA) is 32.3 Å². The van der Waals surface area contributed by atoms with Gasteiger partial charge in [-0.3, -0.25) is 0 Å². The van der Waals surface area contributed by atoms with E-state index in [4.69, 9.17) is 5.11 Å². The molecule has 2 unspecified atom stereocenters. The van der Waals surface area contributed by atoms with E-state index in [0.29, 0.717) is 0 Å². The van der Waals surface area contributed by atoms with Gasteiger partial charge in [-0.05, 0) is 12.0 Å². The summed E-state index contributed by atoms with van der Waals surface area (Å²) in [4.78, 5) is 0. The molecule has 0 bridgehead atoms. The van der Waals surface area contributed by atoms with Gasteiger partial charge in [-0.1, -0.05) is 43.7 Å². The molecule has 0 amide bonds. The van der Waals surface area contributed by atoms with E-state index in [2.05, 4.69) is 5.32 Å². The first kappa shape index (κ1) is 14.1. The molecule has 0 heterocycles. The van der Waals surface area contributed by atoms with E-state index < -0.39 is 12.5 Å². The molecular weight excluding hydrogens is 224 g/mol. The van der Waals surface area contributed by atoms with Gasteiger partial charge in [0.05, 0.1) is 0 Å². The number of rotatable bonds is 7.